The number of carbonyl (C=O) groups excluding carboxylic acids is 1. The van der Waals surface area contributed by atoms with Gasteiger partial charge >= 0.3 is 0 Å². The minimum atomic E-state index is -0.431. The zero-order valence-corrected chi connectivity index (χ0v) is 14.1. The van der Waals surface area contributed by atoms with Crippen LogP contribution < -0.4 is 5.73 Å². The van der Waals surface area contributed by atoms with E-state index in [9.17, 15) is 20.6 Å². The summed E-state index contributed by atoms with van der Waals surface area (Å²) in [6.07, 6.45) is 3.63. The van der Waals surface area contributed by atoms with Gasteiger partial charge in [0.05, 0.1) is 5.57 Å². The Balaban J connectivity index is 2.65. The van der Waals surface area contributed by atoms with Gasteiger partial charge in [0, 0.05) is 17.8 Å². The molecule has 1 fully saturated rings. The summed E-state index contributed by atoms with van der Waals surface area (Å²) in [7, 11) is 0. The van der Waals surface area contributed by atoms with Crippen LogP contribution in [-0.4, -0.2) is 23.4 Å². The highest BCUT2D eigenvalue weighted by Crippen LogP contribution is 2.45. The maximum atomic E-state index is 11.8. The first-order valence-electron chi connectivity index (χ1n) is 8.07. The van der Waals surface area contributed by atoms with Gasteiger partial charge in [-0.2, -0.15) is 15.8 Å². The third-order valence-corrected chi connectivity index (χ3v) is 4.71. The first-order valence-corrected chi connectivity index (χ1v) is 8.07. The van der Waals surface area contributed by atoms with Crippen molar-refractivity contribution >= 4 is 5.91 Å². The van der Waals surface area contributed by atoms with Gasteiger partial charge in [-0.05, 0) is 37.5 Å². The molecule has 1 unspecified atom stereocenters. The molecule has 0 radical (unpaired) electrons. The quantitative estimate of drug-likeness (QED) is 0.782. The Morgan fingerprint density at radius 2 is 1.88 bits per heavy atom. The van der Waals surface area contributed by atoms with E-state index in [1.54, 1.807) is 0 Å². The third-order valence-electron chi connectivity index (χ3n) is 4.71. The molecule has 0 aromatic rings. The Kier molecular flexibility index (Phi) is 4.96. The Hall–Kier alpha value is -2.78. The van der Waals surface area contributed by atoms with Crippen molar-refractivity contribution in [1.29, 1.82) is 15.8 Å². The van der Waals surface area contributed by atoms with E-state index < -0.39 is 11.9 Å². The average Bonchev–Trinajstić information content (AvgIpc) is 2.54. The summed E-state index contributed by atoms with van der Waals surface area (Å²) >= 11 is 0. The summed E-state index contributed by atoms with van der Waals surface area (Å²) in [5.41, 5.74) is 6.93. The summed E-state index contributed by atoms with van der Waals surface area (Å²) in [6, 6.07) is 5.55. The molecule has 2 rings (SSSR count). The molecule has 0 aromatic carbocycles. The lowest BCUT2D eigenvalue weighted by Crippen LogP contribution is -2.48. The Morgan fingerprint density at radius 1 is 1.21 bits per heavy atom. The first-order chi connectivity index (χ1) is 11.3. The van der Waals surface area contributed by atoms with Gasteiger partial charge in [0.2, 0.25) is 5.91 Å². The van der Waals surface area contributed by atoms with Crippen LogP contribution in [0.15, 0.2) is 22.4 Å². The van der Waals surface area contributed by atoms with Crippen LogP contribution in [-0.2, 0) is 4.79 Å². The minimum absolute atomic E-state index is 0.0236. The van der Waals surface area contributed by atoms with Gasteiger partial charge in [0.25, 0.3) is 0 Å². The van der Waals surface area contributed by atoms with E-state index in [2.05, 4.69) is 6.07 Å². The van der Waals surface area contributed by atoms with E-state index in [4.69, 9.17) is 5.73 Å². The number of rotatable bonds is 2. The van der Waals surface area contributed by atoms with Crippen LogP contribution in [0.25, 0.3) is 0 Å². The van der Waals surface area contributed by atoms with E-state index in [1.807, 2.05) is 30.9 Å². The lowest BCUT2D eigenvalue weighted by atomic mass is 9.72. The summed E-state index contributed by atoms with van der Waals surface area (Å²) in [5.74, 6) is -0.394. The van der Waals surface area contributed by atoms with Gasteiger partial charge in [-0.15, -0.1) is 0 Å². The lowest BCUT2D eigenvalue weighted by Gasteiger charge is -2.43. The van der Waals surface area contributed by atoms with Gasteiger partial charge in [0.1, 0.15) is 29.8 Å². The molecule has 2 N–H and O–H groups in total. The fourth-order valence-corrected chi connectivity index (χ4v) is 3.65. The second kappa shape index (κ2) is 6.77. The number of hydrogen-bond donors (Lipinski definition) is 1. The fourth-order valence-electron chi connectivity index (χ4n) is 3.65. The molecule has 24 heavy (non-hydrogen) atoms. The largest absolute Gasteiger partial charge is 0.368 e. The predicted molar refractivity (Wildman–Crippen MR) is 87.4 cm³/mol. The second-order valence-electron chi connectivity index (χ2n) is 7.14. The maximum absolute atomic E-state index is 11.8. The van der Waals surface area contributed by atoms with Crippen molar-refractivity contribution in [2.24, 2.45) is 11.1 Å². The molecule has 1 aliphatic carbocycles. The second-order valence-corrected chi connectivity index (χ2v) is 7.14. The van der Waals surface area contributed by atoms with Crippen molar-refractivity contribution in [2.45, 2.75) is 52.0 Å². The molecular weight excluding hydrogens is 302 g/mol. The summed E-state index contributed by atoms with van der Waals surface area (Å²) in [6.45, 7) is 4.74. The maximum Gasteiger partial charge on any atom is 0.240 e. The Labute approximate surface area is 142 Å². The number of hydrogen-bond acceptors (Lipinski definition) is 5. The van der Waals surface area contributed by atoms with Gasteiger partial charge in [-0.25, -0.2) is 0 Å². The molecule has 1 aliphatic heterocycles. The van der Waals surface area contributed by atoms with Crippen molar-refractivity contribution in [3.8, 4) is 18.2 Å². The zero-order chi connectivity index (χ0) is 17.9. The standard InChI is InChI=1S/C18H21N5O/c1-18(2)7-13(12(9-19)10-20)14(11-21)16(8-18)23-6-4-3-5-15(23)17(22)24/h15H,3-8H2,1-2H3,(H2,22,24). The molecule has 124 valence electrons. The van der Waals surface area contributed by atoms with Gasteiger partial charge in [0.15, 0.2) is 0 Å². The topological polar surface area (TPSA) is 118 Å². The molecule has 1 heterocycles. The van der Waals surface area contributed by atoms with Crippen molar-refractivity contribution < 1.29 is 4.79 Å². The molecule has 1 amide bonds. The molecule has 0 bridgehead atoms. The number of nitriles is 3. The van der Waals surface area contributed by atoms with Gasteiger partial charge in [-0.3, -0.25) is 4.79 Å². The number of allylic oxidation sites excluding steroid dienone is 4. The number of amides is 1. The summed E-state index contributed by atoms with van der Waals surface area (Å²) in [5, 5.41) is 28.2. The van der Waals surface area contributed by atoms with E-state index in [0.29, 0.717) is 37.0 Å². The van der Waals surface area contributed by atoms with Crippen molar-refractivity contribution in [3.63, 3.8) is 0 Å². The van der Waals surface area contributed by atoms with Crippen LogP contribution in [0.1, 0.15) is 46.0 Å². The van der Waals surface area contributed by atoms with Crippen LogP contribution in [0, 0.1) is 39.4 Å². The number of carbonyl (C=O) groups is 1. The Bertz CT molecular complexity index is 723. The van der Waals surface area contributed by atoms with Crippen LogP contribution in [0.2, 0.25) is 0 Å². The SMILES string of the molecule is CC1(C)CC(=C(C#N)C#N)C(C#N)=C(N2CCCCC2C(N)=O)C1. The van der Waals surface area contributed by atoms with E-state index in [1.165, 1.54) is 0 Å². The molecule has 1 atom stereocenters. The molecule has 0 spiro atoms. The van der Waals surface area contributed by atoms with Crippen LogP contribution in [0.5, 0.6) is 0 Å². The zero-order valence-electron chi connectivity index (χ0n) is 14.1. The molecule has 6 nitrogen and oxygen atoms in total. The fraction of sp³-hybridized carbons (Fsp3) is 0.556. The van der Waals surface area contributed by atoms with Gasteiger partial charge in [-0.1, -0.05) is 13.8 Å². The number of primary amides is 1. The molecule has 1 saturated heterocycles. The Morgan fingerprint density at radius 3 is 2.42 bits per heavy atom. The highest BCUT2D eigenvalue weighted by molar-refractivity contribution is 5.80. The molecule has 6 heteroatoms. The normalized spacial score (nSPS) is 23.0. The highest BCUT2D eigenvalue weighted by Gasteiger charge is 2.38. The number of piperidine rings is 1. The van der Waals surface area contributed by atoms with Crippen LogP contribution in [0.4, 0.5) is 0 Å². The van der Waals surface area contributed by atoms with E-state index >= 15 is 0 Å². The highest BCUT2D eigenvalue weighted by atomic mass is 16.1. The summed E-state index contributed by atoms with van der Waals surface area (Å²) < 4.78 is 0. The molecule has 0 aromatic heterocycles. The van der Waals surface area contributed by atoms with Gasteiger partial charge < -0.3 is 10.6 Å². The minimum Gasteiger partial charge on any atom is -0.368 e. The van der Waals surface area contributed by atoms with E-state index in [0.717, 1.165) is 18.5 Å². The molecular formula is C18H21N5O. The molecule has 0 saturated carbocycles. The lowest BCUT2D eigenvalue weighted by molar-refractivity contribution is -0.123. The number of nitrogens with two attached hydrogens (primary N) is 1. The van der Waals surface area contributed by atoms with Crippen molar-refractivity contribution in [2.75, 3.05) is 6.54 Å². The predicted octanol–water partition coefficient (Wildman–Crippen LogP) is 2.27. The number of likely N-dealkylation sites (tertiary alicyclic amines) is 1. The van der Waals surface area contributed by atoms with Crippen molar-refractivity contribution in [1.82, 2.24) is 4.90 Å². The monoisotopic (exact) mass is 323 g/mol. The number of nitrogens with zero attached hydrogens (tertiary/aromatic N) is 4. The molecule has 2 aliphatic rings. The van der Waals surface area contributed by atoms with Crippen LogP contribution in [0.3, 0.4) is 0 Å². The van der Waals surface area contributed by atoms with Crippen molar-refractivity contribution in [3.05, 3.63) is 22.4 Å². The third kappa shape index (κ3) is 3.26. The smallest absolute Gasteiger partial charge is 0.240 e. The van der Waals surface area contributed by atoms with E-state index in [-0.39, 0.29) is 11.0 Å². The first kappa shape index (κ1) is 17.6. The van der Waals surface area contributed by atoms with Crippen LogP contribution >= 0.6 is 0 Å². The summed E-state index contributed by atoms with van der Waals surface area (Å²) in [4.78, 5) is 13.8. The average molecular weight is 323 g/mol.